The molecule has 1 saturated heterocycles. The molecule has 0 spiro atoms. The second-order valence-electron chi connectivity index (χ2n) is 6.67. The minimum atomic E-state index is -1.06. The Bertz CT molecular complexity index is 433. The third kappa shape index (κ3) is 2.49. The number of amides is 3. The van der Waals surface area contributed by atoms with E-state index in [9.17, 15) is 14.4 Å². The Hall–Kier alpha value is -1.43. The molecule has 0 aromatic rings. The van der Waals surface area contributed by atoms with E-state index >= 15 is 0 Å². The monoisotopic (exact) mass is 269 g/mol. The van der Waals surface area contributed by atoms with Gasteiger partial charge in [0.2, 0.25) is 11.8 Å². The van der Waals surface area contributed by atoms with Crippen molar-refractivity contribution in [2.75, 3.05) is 6.54 Å². The lowest BCUT2D eigenvalue weighted by molar-refractivity contribution is -0.162. The molecule has 0 aliphatic carbocycles. The average Bonchev–Trinajstić information content (AvgIpc) is 2.21. The topological polar surface area (TPSA) is 92.5 Å². The van der Waals surface area contributed by atoms with Crippen molar-refractivity contribution in [3.8, 4) is 0 Å². The Kier molecular flexibility index (Phi) is 3.54. The fourth-order valence-electron chi connectivity index (χ4n) is 1.72. The van der Waals surface area contributed by atoms with Crippen LogP contribution in [0.15, 0.2) is 0 Å². The Morgan fingerprint density at radius 1 is 1.26 bits per heavy atom. The number of hydrogen-bond acceptors (Lipinski definition) is 4. The SMILES string of the molecule is CC1(C)C(=O)NC(=O)CN1C(=O)C(C)(C)C(C)(C)N. The van der Waals surface area contributed by atoms with Crippen LogP contribution in [0.3, 0.4) is 0 Å². The van der Waals surface area contributed by atoms with E-state index in [0.29, 0.717) is 0 Å². The van der Waals surface area contributed by atoms with Crippen LogP contribution < -0.4 is 11.1 Å². The lowest BCUT2D eigenvalue weighted by Crippen LogP contribution is -2.69. The van der Waals surface area contributed by atoms with E-state index in [1.165, 1.54) is 4.90 Å². The predicted molar refractivity (Wildman–Crippen MR) is 71.0 cm³/mol. The number of nitrogens with one attached hydrogen (secondary N) is 1. The van der Waals surface area contributed by atoms with Crippen molar-refractivity contribution in [2.24, 2.45) is 11.1 Å². The molecule has 1 rings (SSSR count). The summed E-state index contributed by atoms with van der Waals surface area (Å²) in [4.78, 5) is 37.4. The highest BCUT2D eigenvalue weighted by Crippen LogP contribution is 2.33. The maximum Gasteiger partial charge on any atom is 0.252 e. The molecule has 1 heterocycles. The molecule has 0 aromatic heterocycles. The van der Waals surface area contributed by atoms with E-state index < -0.39 is 28.3 Å². The molecule has 0 bridgehead atoms. The van der Waals surface area contributed by atoms with Crippen molar-refractivity contribution >= 4 is 17.7 Å². The van der Waals surface area contributed by atoms with Crippen molar-refractivity contribution in [1.29, 1.82) is 0 Å². The summed E-state index contributed by atoms with van der Waals surface area (Å²) in [6, 6.07) is 0. The Labute approximate surface area is 113 Å². The van der Waals surface area contributed by atoms with E-state index in [1.807, 2.05) is 0 Å². The van der Waals surface area contributed by atoms with E-state index in [4.69, 9.17) is 5.73 Å². The Balaban J connectivity index is 3.17. The number of carbonyl (C=O) groups excluding carboxylic acids is 3. The zero-order valence-electron chi connectivity index (χ0n) is 12.5. The number of nitrogens with two attached hydrogens (primary N) is 1. The first kappa shape index (κ1) is 15.6. The molecule has 1 fully saturated rings. The van der Waals surface area contributed by atoms with Gasteiger partial charge in [-0.2, -0.15) is 0 Å². The second kappa shape index (κ2) is 4.30. The van der Waals surface area contributed by atoms with Crippen LogP contribution in [0.25, 0.3) is 0 Å². The molecule has 0 unspecified atom stereocenters. The quantitative estimate of drug-likeness (QED) is 0.691. The van der Waals surface area contributed by atoms with E-state index in [-0.39, 0.29) is 12.5 Å². The molecule has 0 aromatic carbocycles. The van der Waals surface area contributed by atoms with Gasteiger partial charge in [-0.3, -0.25) is 19.7 Å². The van der Waals surface area contributed by atoms with Gasteiger partial charge in [-0.25, -0.2) is 0 Å². The smallest absolute Gasteiger partial charge is 0.252 e. The summed E-state index contributed by atoms with van der Waals surface area (Å²) in [6.45, 7) is 10.1. The first-order valence-electron chi connectivity index (χ1n) is 6.27. The lowest BCUT2D eigenvalue weighted by atomic mass is 9.73. The number of hydrogen-bond donors (Lipinski definition) is 2. The third-order valence-electron chi connectivity index (χ3n) is 4.18. The maximum atomic E-state index is 12.7. The predicted octanol–water partition coefficient (Wildman–Crippen LogP) is 0.0135. The molecule has 3 amide bonds. The average molecular weight is 269 g/mol. The van der Waals surface area contributed by atoms with Gasteiger partial charge in [0, 0.05) is 5.54 Å². The van der Waals surface area contributed by atoms with E-state index in [0.717, 1.165) is 0 Å². The largest absolute Gasteiger partial charge is 0.325 e. The molecule has 6 heteroatoms. The van der Waals surface area contributed by atoms with Crippen molar-refractivity contribution in [2.45, 2.75) is 52.6 Å². The number of carbonyl (C=O) groups is 3. The molecule has 0 saturated carbocycles. The molecule has 1 aliphatic rings. The summed E-state index contributed by atoms with van der Waals surface area (Å²) in [7, 11) is 0. The van der Waals surface area contributed by atoms with Gasteiger partial charge in [-0.15, -0.1) is 0 Å². The number of rotatable bonds is 2. The van der Waals surface area contributed by atoms with Crippen LogP contribution in [0.2, 0.25) is 0 Å². The molecule has 3 N–H and O–H groups in total. The van der Waals surface area contributed by atoms with Gasteiger partial charge in [-0.1, -0.05) is 0 Å². The van der Waals surface area contributed by atoms with Gasteiger partial charge in [0.1, 0.15) is 12.1 Å². The summed E-state index contributed by atoms with van der Waals surface area (Å²) in [5.41, 5.74) is 3.33. The summed E-state index contributed by atoms with van der Waals surface area (Å²) in [5.74, 6) is -1.24. The fraction of sp³-hybridized carbons (Fsp3) is 0.769. The molecular weight excluding hydrogens is 246 g/mol. The first-order valence-corrected chi connectivity index (χ1v) is 6.27. The highest BCUT2D eigenvalue weighted by Gasteiger charge is 2.50. The zero-order valence-corrected chi connectivity index (χ0v) is 12.5. The molecule has 6 nitrogen and oxygen atoms in total. The van der Waals surface area contributed by atoms with Crippen LogP contribution in [0.5, 0.6) is 0 Å². The van der Waals surface area contributed by atoms with Crippen molar-refractivity contribution < 1.29 is 14.4 Å². The van der Waals surface area contributed by atoms with Crippen LogP contribution >= 0.6 is 0 Å². The van der Waals surface area contributed by atoms with Gasteiger partial charge in [-0.05, 0) is 41.5 Å². The van der Waals surface area contributed by atoms with Gasteiger partial charge >= 0.3 is 0 Å². The first-order chi connectivity index (χ1) is 8.31. The normalized spacial score (nSPS) is 20.3. The van der Waals surface area contributed by atoms with E-state index in [1.54, 1.807) is 41.5 Å². The van der Waals surface area contributed by atoms with Gasteiger partial charge in [0.15, 0.2) is 0 Å². The highest BCUT2D eigenvalue weighted by atomic mass is 16.2. The van der Waals surface area contributed by atoms with Crippen molar-refractivity contribution in [1.82, 2.24) is 10.2 Å². The minimum absolute atomic E-state index is 0.128. The van der Waals surface area contributed by atoms with Crippen molar-refractivity contribution in [3.63, 3.8) is 0 Å². The van der Waals surface area contributed by atoms with E-state index in [2.05, 4.69) is 5.32 Å². The van der Waals surface area contributed by atoms with Gasteiger partial charge in [0.05, 0.1) is 5.41 Å². The van der Waals surface area contributed by atoms with Gasteiger partial charge < -0.3 is 10.6 Å². The van der Waals surface area contributed by atoms with Crippen LogP contribution in [-0.2, 0) is 14.4 Å². The Morgan fingerprint density at radius 2 is 1.74 bits per heavy atom. The third-order valence-corrected chi connectivity index (χ3v) is 4.18. The van der Waals surface area contributed by atoms with Gasteiger partial charge in [0.25, 0.3) is 5.91 Å². The maximum absolute atomic E-state index is 12.7. The van der Waals surface area contributed by atoms with Crippen molar-refractivity contribution in [3.05, 3.63) is 0 Å². The standard InChI is InChI=1S/C13H23N3O3/c1-11(2,13(5,6)14)10(19)16-7-8(17)15-9(18)12(16,3)4/h7,14H2,1-6H3,(H,15,17,18). The lowest BCUT2D eigenvalue weighted by Gasteiger charge is -2.47. The summed E-state index contributed by atoms with van der Waals surface area (Å²) < 4.78 is 0. The van der Waals surface area contributed by atoms with Crippen LogP contribution in [0.1, 0.15) is 41.5 Å². The van der Waals surface area contributed by atoms with Crippen LogP contribution in [0.4, 0.5) is 0 Å². The summed E-state index contributed by atoms with van der Waals surface area (Å²) in [5, 5.41) is 2.24. The molecule has 0 radical (unpaired) electrons. The minimum Gasteiger partial charge on any atom is -0.325 e. The molecule has 0 atom stereocenters. The summed E-state index contributed by atoms with van der Waals surface area (Å²) >= 11 is 0. The number of imide groups is 1. The molecule has 108 valence electrons. The highest BCUT2D eigenvalue weighted by molar-refractivity contribution is 6.06. The zero-order chi connectivity index (χ0) is 15.2. The molecular formula is C13H23N3O3. The second-order valence-corrected chi connectivity index (χ2v) is 6.67. The fourth-order valence-corrected chi connectivity index (χ4v) is 1.72. The van der Waals surface area contributed by atoms with Crippen LogP contribution in [-0.4, -0.2) is 40.2 Å². The van der Waals surface area contributed by atoms with Crippen LogP contribution in [0, 0.1) is 5.41 Å². The Morgan fingerprint density at radius 3 is 2.16 bits per heavy atom. The molecule has 19 heavy (non-hydrogen) atoms. The number of nitrogens with zero attached hydrogens (tertiary/aromatic N) is 1. The number of piperazine rings is 1. The summed E-state index contributed by atoms with van der Waals surface area (Å²) in [6.07, 6.45) is 0. The molecule has 1 aliphatic heterocycles.